The molecule has 82 valence electrons. The number of fused-ring (bicyclic) bond motifs is 1. The van der Waals surface area contributed by atoms with Crippen LogP contribution in [0.4, 0.5) is 11.4 Å². The summed E-state index contributed by atoms with van der Waals surface area (Å²) in [7, 11) is 0. The monoisotopic (exact) mass is 242 g/mol. The van der Waals surface area contributed by atoms with E-state index in [1.807, 2.05) is 0 Å². The van der Waals surface area contributed by atoms with Crippen molar-refractivity contribution >= 4 is 33.9 Å². The number of hydrogen-bond donors (Lipinski definition) is 1. The van der Waals surface area contributed by atoms with Gasteiger partial charge in [0.2, 0.25) is 0 Å². The standard InChI is InChI=1S/C7H3ClN4O4/c8-7-6-4(9-10-7)1-3(11(13)14)2-5(6)12(15)16/h1-2H,(H,9,10). The maximum absolute atomic E-state index is 10.7. The topological polar surface area (TPSA) is 115 Å². The number of aromatic nitrogens is 2. The minimum Gasteiger partial charge on any atom is -0.266 e. The third kappa shape index (κ3) is 1.44. The molecule has 2 aromatic rings. The van der Waals surface area contributed by atoms with Gasteiger partial charge in [0.15, 0.2) is 0 Å². The van der Waals surface area contributed by atoms with Gasteiger partial charge in [0.25, 0.3) is 11.4 Å². The number of non-ortho nitro benzene ring substituents is 2. The minimum atomic E-state index is -0.739. The van der Waals surface area contributed by atoms with Gasteiger partial charge in [0.05, 0.1) is 15.9 Å². The molecule has 9 heteroatoms. The number of H-pyrrole nitrogens is 1. The smallest absolute Gasteiger partial charge is 0.266 e. The molecular weight excluding hydrogens is 240 g/mol. The van der Waals surface area contributed by atoms with Crippen LogP contribution in [0.3, 0.4) is 0 Å². The summed E-state index contributed by atoms with van der Waals surface area (Å²) in [5, 5.41) is 27.3. The van der Waals surface area contributed by atoms with E-state index in [2.05, 4.69) is 10.2 Å². The van der Waals surface area contributed by atoms with E-state index in [1.54, 1.807) is 0 Å². The number of aromatic amines is 1. The molecule has 1 N–H and O–H groups in total. The van der Waals surface area contributed by atoms with Gasteiger partial charge in [0.1, 0.15) is 16.1 Å². The second-order valence-electron chi connectivity index (χ2n) is 2.91. The van der Waals surface area contributed by atoms with Gasteiger partial charge < -0.3 is 0 Å². The number of nitro benzene ring substituents is 2. The average Bonchev–Trinajstić information content (AvgIpc) is 2.59. The summed E-state index contributed by atoms with van der Waals surface area (Å²) in [6, 6.07) is 1.97. The second-order valence-corrected chi connectivity index (χ2v) is 3.29. The van der Waals surface area contributed by atoms with Gasteiger partial charge in [-0.3, -0.25) is 25.3 Å². The molecule has 0 saturated carbocycles. The first-order valence-corrected chi connectivity index (χ1v) is 4.35. The van der Waals surface area contributed by atoms with Crippen molar-refractivity contribution < 1.29 is 9.85 Å². The highest BCUT2D eigenvalue weighted by atomic mass is 35.5. The molecule has 0 unspecified atom stereocenters. The average molecular weight is 243 g/mol. The van der Waals surface area contributed by atoms with Crippen LogP contribution in [0.1, 0.15) is 0 Å². The third-order valence-electron chi connectivity index (χ3n) is 1.98. The molecule has 0 aliphatic heterocycles. The van der Waals surface area contributed by atoms with Crippen LogP contribution in [-0.4, -0.2) is 20.0 Å². The van der Waals surface area contributed by atoms with E-state index >= 15 is 0 Å². The molecule has 0 fully saturated rings. The Labute approximate surface area is 92.1 Å². The lowest BCUT2D eigenvalue weighted by Crippen LogP contribution is -1.93. The number of nitrogens with zero attached hydrogens (tertiary/aromatic N) is 3. The van der Waals surface area contributed by atoms with E-state index in [1.165, 1.54) is 0 Å². The molecule has 0 aliphatic carbocycles. The Bertz CT molecular complexity index is 608. The molecule has 0 aliphatic rings. The number of benzene rings is 1. The molecule has 1 aromatic carbocycles. The summed E-state index contributed by atoms with van der Waals surface area (Å²) in [4.78, 5) is 19.8. The van der Waals surface area contributed by atoms with E-state index in [0.29, 0.717) is 0 Å². The van der Waals surface area contributed by atoms with E-state index in [0.717, 1.165) is 12.1 Å². The molecule has 1 heterocycles. The van der Waals surface area contributed by atoms with Crippen molar-refractivity contribution in [1.82, 2.24) is 10.2 Å². The van der Waals surface area contributed by atoms with Crippen LogP contribution in [-0.2, 0) is 0 Å². The summed E-state index contributed by atoms with van der Waals surface area (Å²) in [5.41, 5.74) is -0.754. The second kappa shape index (κ2) is 3.42. The maximum Gasteiger partial charge on any atom is 0.288 e. The molecule has 2 rings (SSSR count). The SMILES string of the molecule is O=[N+]([O-])c1cc([N+](=O)[O-])c2c(Cl)[nH]nc2c1. The highest BCUT2D eigenvalue weighted by molar-refractivity contribution is 6.35. The summed E-state index contributed by atoms with van der Waals surface area (Å²) in [6.45, 7) is 0. The fourth-order valence-corrected chi connectivity index (χ4v) is 1.56. The van der Waals surface area contributed by atoms with Crippen molar-refractivity contribution in [3.05, 3.63) is 37.5 Å². The van der Waals surface area contributed by atoms with Gasteiger partial charge in [0, 0.05) is 6.07 Å². The van der Waals surface area contributed by atoms with Crippen LogP contribution >= 0.6 is 11.6 Å². The Hall–Kier alpha value is -2.22. The normalized spacial score (nSPS) is 10.6. The quantitative estimate of drug-likeness (QED) is 0.639. The first kappa shape index (κ1) is 10.3. The minimum absolute atomic E-state index is 0.0170. The first-order valence-electron chi connectivity index (χ1n) is 3.97. The van der Waals surface area contributed by atoms with Crippen molar-refractivity contribution in [2.24, 2.45) is 0 Å². The third-order valence-corrected chi connectivity index (χ3v) is 2.26. The fraction of sp³-hybridized carbons (Fsp3) is 0. The van der Waals surface area contributed by atoms with Crippen molar-refractivity contribution in [3.63, 3.8) is 0 Å². The van der Waals surface area contributed by atoms with Gasteiger partial charge in [-0.1, -0.05) is 11.6 Å². The number of nitrogens with one attached hydrogen (secondary N) is 1. The number of hydrogen-bond acceptors (Lipinski definition) is 5. The molecule has 0 saturated heterocycles. The van der Waals surface area contributed by atoms with Crippen molar-refractivity contribution in [1.29, 1.82) is 0 Å². The molecule has 0 spiro atoms. The first-order chi connectivity index (χ1) is 7.50. The lowest BCUT2D eigenvalue weighted by atomic mass is 10.2. The van der Waals surface area contributed by atoms with E-state index in [4.69, 9.17) is 11.6 Å². The van der Waals surface area contributed by atoms with Crippen LogP contribution < -0.4 is 0 Å². The van der Waals surface area contributed by atoms with Crippen molar-refractivity contribution in [2.75, 3.05) is 0 Å². The van der Waals surface area contributed by atoms with E-state index < -0.39 is 21.2 Å². The molecule has 16 heavy (non-hydrogen) atoms. The van der Waals surface area contributed by atoms with Crippen molar-refractivity contribution in [3.8, 4) is 0 Å². The van der Waals surface area contributed by atoms with Gasteiger partial charge in [-0.2, -0.15) is 5.10 Å². The number of halogens is 1. The Balaban J connectivity index is 2.86. The van der Waals surface area contributed by atoms with Crippen LogP contribution in [0.25, 0.3) is 10.9 Å². The van der Waals surface area contributed by atoms with Gasteiger partial charge in [-0.05, 0) is 0 Å². The highest BCUT2D eigenvalue weighted by Gasteiger charge is 2.23. The van der Waals surface area contributed by atoms with E-state index in [9.17, 15) is 20.2 Å². The van der Waals surface area contributed by atoms with Gasteiger partial charge in [-0.25, -0.2) is 0 Å². The van der Waals surface area contributed by atoms with Crippen LogP contribution in [0.2, 0.25) is 5.15 Å². The summed E-state index contributed by atoms with van der Waals surface area (Å²) < 4.78 is 0. The summed E-state index contributed by atoms with van der Waals surface area (Å²) >= 11 is 5.66. The zero-order valence-corrected chi connectivity index (χ0v) is 8.26. The Kier molecular flexibility index (Phi) is 2.20. The van der Waals surface area contributed by atoms with Gasteiger partial charge in [-0.15, -0.1) is 0 Å². The zero-order chi connectivity index (χ0) is 11.9. The highest BCUT2D eigenvalue weighted by Crippen LogP contribution is 2.33. The van der Waals surface area contributed by atoms with Crippen LogP contribution in [0.5, 0.6) is 0 Å². The molecule has 1 aromatic heterocycles. The van der Waals surface area contributed by atoms with Gasteiger partial charge >= 0.3 is 0 Å². The molecule has 0 amide bonds. The molecule has 0 bridgehead atoms. The number of rotatable bonds is 2. The zero-order valence-electron chi connectivity index (χ0n) is 7.51. The van der Waals surface area contributed by atoms with Crippen LogP contribution in [0.15, 0.2) is 12.1 Å². The Morgan fingerprint density at radius 3 is 2.50 bits per heavy atom. The lowest BCUT2D eigenvalue weighted by Gasteiger charge is -1.94. The number of nitro groups is 2. The molecular formula is C7H3ClN4O4. The predicted octanol–water partition coefficient (Wildman–Crippen LogP) is 2.03. The Morgan fingerprint density at radius 2 is 1.94 bits per heavy atom. The summed E-state index contributed by atoms with van der Waals surface area (Å²) in [5.74, 6) is 0. The molecule has 0 atom stereocenters. The summed E-state index contributed by atoms with van der Waals surface area (Å²) in [6.07, 6.45) is 0. The van der Waals surface area contributed by atoms with Crippen LogP contribution in [0, 0.1) is 20.2 Å². The largest absolute Gasteiger partial charge is 0.288 e. The predicted molar refractivity (Wildman–Crippen MR) is 54.4 cm³/mol. The lowest BCUT2D eigenvalue weighted by molar-refractivity contribution is -0.393. The molecule has 8 nitrogen and oxygen atoms in total. The maximum atomic E-state index is 10.7. The van der Waals surface area contributed by atoms with Crippen molar-refractivity contribution in [2.45, 2.75) is 0 Å². The van der Waals surface area contributed by atoms with E-state index in [-0.39, 0.29) is 16.1 Å². The molecule has 0 radical (unpaired) electrons. The fourth-order valence-electron chi connectivity index (χ4n) is 1.33. The Morgan fingerprint density at radius 1 is 1.25 bits per heavy atom.